The highest BCUT2D eigenvalue weighted by Gasteiger charge is 2.14. The smallest absolute Gasteiger partial charge is 0.328 e. The highest BCUT2D eigenvalue weighted by Crippen LogP contribution is 2.26. The molecule has 144 valence electrons. The van der Waals surface area contributed by atoms with Crippen molar-refractivity contribution in [1.82, 2.24) is 9.55 Å². The molecule has 0 radical (unpaired) electrons. The van der Waals surface area contributed by atoms with Crippen LogP contribution >= 0.6 is 0 Å². The fourth-order valence-electron chi connectivity index (χ4n) is 2.94. The molecule has 0 amide bonds. The Hall–Kier alpha value is -4.19. The van der Waals surface area contributed by atoms with Gasteiger partial charge in [0.15, 0.2) is 5.43 Å². The molecule has 2 N–H and O–H groups in total. The monoisotopic (exact) mass is 385 g/mol. The van der Waals surface area contributed by atoms with Crippen LogP contribution in [0.15, 0.2) is 96.7 Å². The standard InChI is InChI=1S/C23H19N3O3/c1-3-8-17(4-2)25-21-13-20(27)19-15-24-14-16(11-12-22(28)29)23(19)26(21)18-9-6-5-7-10-18/h3-15,25H,1-2H2,(H,28,29)/b12-11+,17-8+. The summed E-state index contributed by atoms with van der Waals surface area (Å²) in [6.07, 6.45) is 10.4. The Morgan fingerprint density at radius 1 is 1.17 bits per heavy atom. The van der Waals surface area contributed by atoms with E-state index in [9.17, 15) is 9.59 Å². The lowest BCUT2D eigenvalue weighted by molar-refractivity contribution is -0.131. The summed E-state index contributed by atoms with van der Waals surface area (Å²) in [5.74, 6) is -0.592. The minimum Gasteiger partial charge on any atom is -0.478 e. The molecular formula is C23H19N3O3. The first-order chi connectivity index (χ1) is 14.0. The molecule has 3 rings (SSSR count). The van der Waals surface area contributed by atoms with Gasteiger partial charge in [-0.05, 0) is 30.4 Å². The number of hydrogen-bond donors (Lipinski definition) is 2. The molecule has 0 atom stereocenters. The van der Waals surface area contributed by atoms with E-state index in [1.165, 1.54) is 24.5 Å². The molecule has 0 fully saturated rings. The summed E-state index contributed by atoms with van der Waals surface area (Å²) < 4.78 is 1.85. The number of hydrogen-bond acceptors (Lipinski definition) is 4. The highest BCUT2D eigenvalue weighted by molar-refractivity contribution is 5.93. The normalized spacial score (nSPS) is 11.5. The minimum absolute atomic E-state index is 0.241. The van der Waals surface area contributed by atoms with Crippen LogP contribution in [-0.4, -0.2) is 20.6 Å². The predicted octanol–water partition coefficient (Wildman–Crippen LogP) is 4.15. The Bertz CT molecular complexity index is 1210. The maximum Gasteiger partial charge on any atom is 0.328 e. The number of para-hydroxylation sites is 1. The van der Waals surface area contributed by atoms with Crippen LogP contribution in [0.3, 0.4) is 0 Å². The van der Waals surface area contributed by atoms with E-state index in [4.69, 9.17) is 5.11 Å². The molecule has 2 heterocycles. The second-order valence-electron chi connectivity index (χ2n) is 6.05. The van der Waals surface area contributed by atoms with Crippen LogP contribution < -0.4 is 10.7 Å². The van der Waals surface area contributed by atoms with E-state index in [1.54, 1.807) is 18.2 Å². The van der Waals surface area contributed by atoms with Crippen molar-refractivity contribution in [3.63, 3.8) is 0 Å². The van der Waals surface area contributed by atoms with E-state index in [0.29, 0.717) is 28.0 Å². The lowest BCUT2D eigenvalue weighted by Crippen LogP contribution is -2.15. The van der Waals surface area contributed by atoms with Gasteiger partial charge in [0.2, 0.25) is 0 Å². The number of nitrogens with zero attached hydrogens (tertiary/aromatic N) is 2. The number of nitrogens with one attached hydrogen (secondary N) is 1. The highest BCUT2D eigenvalue weighted by atomic mass is 16.4. The third-order valence-corrected chi connectivity index (χ3v) is 4.15. The predicted molar refractivity (Wildman–Crippen MR) is 116 cm³/mol. The fourth-order valence-corrected chi connectivity index (χ4v) is 2.94. The molecule has 0 aliphatic carbocycles. The van der Waals surface area contributed by atoms with Gasteiger partial charge >= 0.3 is 5.97 Å². The molecule has 0 unspecified atom stereocenters. The van der Waals surface area contributed by atoms with Gasteiger partial charge < -0.3 is 10.4 Å². The van der Waals surface area contributed by atoms with Crippen LogP contribution in [0.25, 0.3) is 22.7 Å². The summed E-state index contributed by atoms with van der Waals surface area (Å²) in [5.41, 5.74) is 2.25. The number of aromatic nitrogens is 2. The molecule has 0 spiro atoms. The van der Waals surface area contributed by atoms with Crippen molar-refractivity contribution in [2.75, 3.05) is 5.32 Å². The van der Waals surface area contributed by atoms with E-state index < -0.39 is 5.97 Å². The Kier molecular flexibility index (Phi) is 5.85. The van der Waals surface area contributed by atoms with Gasteiger partial charge in [0.1, 0.15) is 5.82 Å². The van der Waals surface area contributed by atoms with Crippen molar-refractivity contribution in [1.29, 1.82) is 0 Å². The van der Waals surface area contributed by atoms with Gasteiger partial charge in [0.05, 0.1) is 10.9 Å². The Morgan fingerprint density at radius 3 is 2.59 bits per heavy atom. The molecule has 0 saturated carbocycles. The van der Waals surface area contributed by atoms with Gasteiger partial charge in [-0.2, -0.15) is 0 Å². The summed E-state index contributed by atoms with van der Waals surface area (Å²) in [6, 6.07) is 10.9. The molecule has 0 aliphatic heterocycles. The first kappa shape index (κ1) is 19.6. The van der Waals surface area contributed by atoms with Crippen molar-refractivity contribution < 1.29 is 9.90 Å². The number of carboxylic acids is 1. The van der Waals surface area contributed by atoms with Gasteiger partial charge in [-0.25, -0.2) is 4.79 Å². The van der Waals surface area contributed by atoms with Crippen LogP contribution in [0.4, 0.5) is 5.82 Å². The van der Waals surface area contributed by atoms with Gasteiger partial charge in [0, 0.05) is 41.5 Å². The molecule has 2 aromatic heterocycles. The van der Waals surface area contributed by atoms with Crippen molar-refractivity contribution in [2.45, 2.75) is 0 Å². The average molecular weight is 385 g/mol. The zero-order chi connectivity index (χ0) is 20.8. The quantitative estimate of drug-likeness (QED) is 0.471. The lowest BCUT2D eigenvalue weighted by atomic mass is 10.1. The van der Waals surface area contributed by atoms with Crippen LogP contribution in [0.2, 0.25) is 0 Å². The van der Waals surface area contributed by atoms with Crippen LogP contribution in [0.1, 0.15) is 5.56 Å². The van der Waals surface area contributed by atoms with Crippen molar-refractivity contribution >= 4 is 28.8 Å². The van der Waals surface area contributed by atoms with E-state index >= 15 is 0 Å². The first-order valence-electron chi connectivity index (χ1n) is 8.77. The average Bonchev–Trinajstić information content (AvgIpc) is 2.72. The number of allylic oxidation sites excluding steroid dienone is 3. The van der Waals surface area contributed by atoms with Crippen LogP contribution in [0.5, 0.6) is 0 Å². The molecule has 0 aliphatic rings. The van der Waals surface area contributed by atoms with E-state index in [1.807, 2.05) is 34.9 Å². The molecule has 6 nitrogen and oxygen atoms in total. The SMILES string of the molecule is C=C/C=C(\C=C)Nc1cc(=O)c2cncc(/C=C/C(=O)O)c2n1-c1ccccc1. The molecule has 6 heteroatoms. The van der Waals surface area contributed by atoms with E-state index in [0.717, 1.165) is 11.8 Å². The molecule has 1 aromatic carbocycles. The molecule has 3 aromatic rings. The third-order valence-electron chi connectivity index (χ3n) is 4.15. The van der Waals surface area contributed by atoms with Gasteiger partial charge in [-0.15, -0.1) is 0 Å². The molecule has 0 bridgehead atoms. The maximum absolute atomic E-state index is 12.8. The molecular weight excluding hydrogens is 366 g/mol. The zero-order valence-electron chi connectivity index (χ0n) is 15.6. The third kappa shape index (κ3) is 4.22. The Morgan fingerprint density at radius 2 is 1.93 bits per heavy atom. The number of carboxylic acid groups (broad SMARTS) is 1. The first-order valence-corrected chi connectivity index (χ1v) is 8.77. The van der Waals surface area contributed by atoms with Gasteiger partial charge in [-0.3, -0.25) is 14.3 Å². The summed E-state index contributed by atoms with van der Waals surface area (Å²) in [5, 5.41) is 12.6. The molecule has 29 heavy (non-hydrogen) atoms. The second-order valence-corrected chi connectivity index (χ2v) is 6.05. The van der Waals surface area contributed by atoms with Crippen molar-refractivity contribution in [3.05, 3.63) is 108 Å². The maximum atomic E-state index is 12.8. The summed E-state index contributed by atoms with van der Waals surface area (Å²) in [6.45, 7) is 7.46. The summed E-state index contributed by atoms with van der Waals surface area (Å²) in [7, 11) is 0. The van der Waals surface area contributed by atoms with E-state index in [2.05, 4.69) is 23.5 Å². The number of benzene rings is 1. The topological polar surface area (TPSA) is 84.2 Å². The Balaban J connectivity index is 2.42. The number of carbonyl (C=O) groups is 1. The van der Waals surface area contributed by atoms with Crippen molar-refractivity contribution in [2.24, 2.45) is 0 Å². The number of rotatable bonds is 7. The number of fused-ring (bicyclic) bond motifs is 1. The van der Waals surface area contributed by atoms with Gasteiger partial charge in [-0.1, -0.05) is 37.4 Å². The molecule has 0 saturated heterocycles. The fraction of sp³-hybridized carbons (Fsp3) is 0. The number of anilines is 1. The van der Waals surface area contributed by atoms with Crippen molar-refractivity contribution in [3.8, 4) is 5.69 Å². The largest absolute Gasteiger partial charge is 0.478 e. The van der Waals surface area contributed by atoms with Crippen LogP contribution in [-0.2, 0) is 4.79 Å². The summed E-state index contributed by atoms with van der Waals surface area (Å²) in [4.78, 5) is 27.9. The minimum atomic E-state index is -1.09. The van der Waals surface area contributed by atoms with Gasteiger partial charge in [0.25, 0.3) is 0 Å². The summed E-state index contributed by atoms with van der Waals surface area (Å²) >= 11 is 0. The zero-order valence-corrected chi connectivity index (χ0v) is 15.6. The second kappa shape index (κ2) is 8.67. The Labute approximate surface area is 167 Å². The van der Waals surface area contributed by atoms with E-state index in [-0.39, 0.29) is 5.43 Å². The lowest BCUT2D eigenvalue weighted by Gasteiger charge is -2.19. The number of aliphatic carboxylic acids is 1. The number of pyridine rings is 2. The van der Waals surface area contributed by atoms with Crippen LogP contribution in [0, 0.1) is 0 Å².